The van der Waals surface area contributed by atoms with E-state index in [0.717, 1.165) is 31.4 Å². The van der Waals surface area contributed by atoms with Crippen LogP contribution in [0.5, 0.6) is 0 Å². The second-order valence-corrected chi connectivity index (χ2v) is 4.07. The molecule has 1 saturated carbocycles. The van der Waals surface area contributed by atoms with E-state index in [9.17, 15) is 5.11 Å². The highest BCUT2D eigenvalue weighted by atomic mass is 16.5. The monoisotopic (exact) mass is 199 g/mol. The minimum atomic E-state index is -0.156. The number of hydrogen-bond acceptors (Lipinski definition) is 3. The Morgan fingerprint density at radius 1 is 1.57 bits per heavy atom. The number of aliphatic hydroxyl groups excluding tert-OH is 1. The van der Waals surface area contributed by atoms with Gasteiger partial charge in [-0.15, -0.1) is 0 Å². The zero-order valence-corrected chi connectivity index (χ0v) is 8.96. The molecule has 3 nitrogen and oxygen atoms in total. The molecular weight excluding hydrogens is 178 g/mol. The van der Waals surface area contributed by atoms with Gasteiger partial charge < -0.3 is 15.2 Å². The molecule has 14 heavy (non-hydrogen) atoms. The highest BCUT2D eigenvalue weighted by Crippen LogP contribution is 2.18. The van der Waals surface area contributed by atoms with Gasteiger partial charge in [-0.3, -0.25) is 0 Å². The van der Waals surface area contributed by atoms with Crippen LogP contribution in [-0.2, 0) is 4.74 Å². The Morgan fingerprint density at radius 2 is 2.36 bits per heavy atom. The third kappa shape index (κ3) is 4.22. The average molecular weight is 199 g/mol. The number of hydrogen-bond donors (Lipinski definition) is 2. The summed E-state index contributed by atoms with van der Waals surface area (Å²) in [6.45, 7) is 7.85. The molecular formula is C11H21NO2. The minimum absolute atomic E-state index is 0.156. The lowest BCUT2D eigenvalue weighted by Crippen LogP contribution is -2.37. The molecule has 0 unspecified atom stereocenters. The van der Waals surface area contributed by atoms with Gasteiger partial charge in [-0.2, -0.15) is 0 Å². The van der Waals surface area contributed by atoms with Gasteiger partial charge in [-0.1, -0.05) is 12.2 Å². The molecule has 82 valence electrons. The molecule has 1 fully saturated rings. The Labute approximate surface area is 86.2 Å². The van der Waals surface area contributed by atoms with E-state index in [1.807, 2.05) is 6.92 Å². The van der Waals surface area contributed by atoms with E-state index >= 15 is 0 Å². The van der Waals surface area contributed by atoms with Crippen molar-refractivity contribution in [2.24, 2.45) is 0 Å². The largest absolute Gasteiger partial charge is 0.392 e. The van der Waals surface area contributed by atoms with Gasteiger partial charge in [0.25, 0.3) is 0 Å². The first kappa shape index (κ1) is 11.7. The van der Waals surface area contributed by atoms with Crippen LogP contribution in [0.1, 0.15) is 26.2 Å². The lowest BCUT2D eigenvalue weighted by Gasteiger charge is -2.16. The van der Waals surface area contributed by atoms with Gasteiger partial charge in [0.1, 0.15) is 0 Å². The van der Waals surface area contributed by atoms with Gasteiger partial charge in [0.15, 0.2) is 0 Å². The first-order valence-electron chi connectivity index (χ1n) is 5.33. The zero-order valence-electron chi connectivity index (χ0n) is 8.96. The highest BCUT2D eigenvalue weighted by Gasteiger charge is 2.23. The van der Waals surface area contributed by atoms with Crippen LogP contribution in [0.15, 0.2) is 12.2 Å². The van der Waals surface area contributed by atoms with Gasteiger partial charge in [-0.25, -0.2) is 0 Å². The maximum Gasteiger partial charge on any atom is 0.0693 e. The van der Waals surface area contributed by atoms with Crippen LogP contribution in [-0.4, -0.2) is 37.0 Å². The van der Waals surface area contributed by atoms with Crippen molar-refractivity contribution in [3.05, 3.63) is 12.2 Å². The molecule has 2 atom stereocenters. The predicted molar refractivity (Wildman–Crippen MR) is 57.3 cm³/mol. The second kappa shape index (κ2) is 6.17. The summed E-state index contributed by atoms with van der Waals surface area (Å²) in [6.07, 6.45) is 2.99. The van der Waals surface area contributed by atoms with E-state index in [-0.39, 0.29) is 12.1 Å². The van der Waals surface area contributed by atoms with Crippen molar-refractivity contribution in [1.82, 2.24) is 5.32 Å². The third-order valence-electron chi connectivity index (χ3n) is 2.48. The minimum Gasteiger partial charge on any atom is -0.392 e. The van der Waals surface area contributed by atoms with Gasteiger partial charge >= 0.3 is 0 Å². The van der Waals surface area contributed by atoms with E-state index in [1.165, 1.54) is 0 Å². The van der Waals surface area contributed by atoms with E-state index in [0.29, 0.717) is 13.2 Å². The van der Waals surface area contributed by atoms with Crippen molar-refractivity contribution in [2.45, 2.75) is 38.3 Å². The van der Waals surface area contributed by atoms with Crippen LogP contribution in [0, 0.1) is 0 Å². The Kier molecular flexibility index (Phi) is 5.15. The lowest BCUT2D eigenvalue weighted by molar-refractivity contribution is 0.128. The number of aliphatic hydroxyl groups is 1. The van der Waals surface area contributed by atoms with Crippen molar-refractivity contribution < 1.29 is 9.84 Å². The quantitative estimate of drug-likeness (QED) is 0.497. The first-order chi connectivity index (χ1) is 6.70. The average Bonchev–Trinajstić information content (AvgIpc) is 2.51. The molecule has 0 radical (unpaired) electrons. The van der Waals surface area contributed by atoms with Gasteiger partial charge in [-0.05, 0) is 26.2 Å². The highest BCUT2D eigenvalue weighted by molar-refractivity contribution is 4.87. The fraction of sp³-hybridized carbons (Fsp3) is 0.818. The molecule has 0 saturated heterocycles. The van der Waals surface area contributed by atoms with Crippen molar-refractivity contribution in [2.75, 3.05) is 19.8 Å². The van der Waals surface area contributed by atoms with Crippen molar-refractivity contribution in [3.8, 4) is 0 Å². The summed E-state index contributed by atoms with van der Waals surface area (Å²) in [6, 6.07) is 0.281. The van der Waals surface area contributed by atoms with Gasteiger partial charge in [0.2, 0.25) is 0 Å². The molecule has 0 heterocycles. The van der Waals surface area contributed by atoms with Crippen LogP contribution in [0.25, 0.3) is 0 Å². The summed E-state index contributed by atoms with van der Waals surface area (Å²) in [5.74, 6) is 0. The van der Waals surface area contributed by atoms with Crippen molar-refractivity contribution in [3.63, 3.8) is 0 Å². The molecule has 0 aliphatic heterocycles. The van der Waals surface area contributed by atoms with E-state index in [4.69, 9.17) is 4.74 Å². The smallest absolute Gasteiger partial charge is 0.0693 e. The van der Waals surface area contributed by atoms with Crippen LogP contribution in [0.2, 0.25) is 0 Å². The summed E-state index contributed by atoms with van der Waals surface area (Å²) in [4.78, 5) is 0. The summed E-state index contributed by atoms with van der Waals surface area (Å²) >= 11 is 0. The van der Waals surface area contributed by atoms with Gasteiger partial charge in [0.05, 0.1) is 19.3 Å². The Morgan fingerprint density at radius 3 is 2.93 bits per heavy atom. The van der Waals surface area contributed by atoms with Gasteiger partial charge in [0, 0.05) is 12.6 Å². The van der Waals surface area contributed by atoms with Crippen LogP contribution in [0.3, 0.4) is 0 Å². The normalized spacial score (nSPS) is 26.7. The molecule has 1 aliphatic carbocycles. The molecule has 3 heteroatoms. The number of rotatable bonds is 6. The Balaban J connectivity index is 1.95. The van der Waals surface area contributed by atoms with Crippen molar-refractivity contribution in [1.29, 1.82) is 0 Å². The van der Waals surface area contributed by atoms with Crippen LogP contribution < -0.4 is 5.32 Å². The number of nitrogens with one attached hydrogen (secondary N) is 1. The maximum atomic E-state index is 9.52. The molecule has 0 aromatic heterocycles. The predicted octanol–water partition coefficient (Wildman–Crippen LogP) is 1.08. The Hall–Kier alpha value is -0.380. The topological polar surface area (TPSA) is 41.5 Å². The van der Waals surface area contributed by atoms with E-state index in [2.05, 4.69) is 11.9 Å². The molecule has 1 aliphatic rings. The fourth-order valence-electron chi connectivity index (χ4n) is 1.74. The third-order valence-corrected chi connectivity index (χ3v) is 2.48. The molecule has 0 amide bonds. The molecule has 0 aromatic carbocycles. The summed E-state index contributed by atoms with van der Waals surface area (Å²) in [5.41, 5.74) is 1.05. The maximum absolute atomic E-state index is 9.52. The van der Waals surface area contributed by atoms with E-state index < -0.39 is 0 Å². The summed E-state index contributed by atoms with van der Waals surface area (Å²) in [5, 5.41) is 12.8. The summed E-state index contributed by atoms with van der Waals surface area (Å²) in [7, 11) is 0. The summed E-state index contributed by atoms with van der Waals surface area (Å²) < 4.78 is 5.35. The van der Waals surface area contributed by atoms with E-state index in [1.54, 1.807) is 0 Å². The fourth-order valence-corrected chi connectivity index (χ4v) is 1.74. The number of ether oxygens (including phenoxy) is 1. The first-order valence-corrected chi connectivity index (χ1v) is 5.33. The van der Waals surface area contributed by atoms with Crippen molar-refractivity contribution >= 4 is 0 Å². The Bertz CT molecular complexity index is 182. The second-order valence-electron chi connectivity index (χ2n) is 4.07. The molecule has 1 rings (SSSR count). The molecule has 0 aromatic rings. The lowest BCUT2D eigenvalue weighted by atomic mass is 10.2. The zero-order chi connectivity index (χ0) is 10.4. The van der Waals surface area contributed by atoms with Crippen LogP contribution >= 0.6 is 0 Å². The molecule has 0 spiro atoms. The molecule has 0 bridgehead atoms. The molecule has 2 N–H and O–H groups in total. The van der Waals surface area contributed by atoms with Crippen LogP contribution in [0.4, 0.5) is 0 Å². The standard InChI is InChI=1S/C11H21NO2/c1-9(2)8-14-7-6-12-10-4-3-5-11(10)13/h10-13H,1,3-8H2,2H3/t10-,11-/m0/s1. The SMILES string of the molecule is C=C(C)COCCN[C@H]1CCC[C@@H]1O.